The summed E-state index contributed by atoms with van der Waals surface area (Å²) < 4.78 is 96.4. The van der Waals surface area contributed by atoms with E-state index in [1.165, 1.54) is 25.3 Å². The van der Waals surface area contributed by atoms with Crippen molar-refractivity contribution in [3.8, 4) is 11.4 Å². The van der Waals surface area contributed by atoms with Crippen LogP contribution in [0, 0.1) is 5.82 Å². The summed E-state index contributed by atoms with van der Waals surface area (Å²) in [4.78, 5) is 32.2. The van der Waals surface area contributed by atoms with Gasteiger partial charge in [0, 0.05) is 36.6 Å². The number of aromatic amines is 1. The zero-order valence-corrected chi connectivity index (χ0v) is 20.6. The minimum atomic E-state index is -4.97. The lowest BCUT2D eigenvalue weighted by Crippen LogP contribution is -2.30. The number of halogens is 7. The summed E-state index contributed by atoms with van der Waals surface area (Å²) in [5.41, 5.74) is -4.49. The van der Waals surface area contributed by atoms with Crippen LogP contribution in [0.1, 0.15) is 30.6 Å². The van der Waals surface area contributed by atoms with Crippen LogP contribution in [-0.2, 0) is 12.7 Å². The van der Waals surface area contributed by atoms with Gasteiger partial charge in [-0.2, -0.15) is 18.3 Å². The summed E-state index contributed by atoms with van der Waals surface area (Å²) in [5, 5.41) is 7.67. The molecular formula is C25H21F7N6O2. The fourth-order valence-corrected chi connectivity index (χ4v) is 4.13. The van der Waals surface area contributed by atoms with Gasteiger partial charge in [-0.3, -0.25) is 9.59 Å². The van der Waals surface area contributed by atoms with E-state index >= 15 is 0 Å². The van der Waals surface area contributed by atoms with Crippen LogP contribution in [0.25, 0.3) is 22.2 Å². The minimum Gasteiger partial charge on any atom is -0.381 e. The van der Waals surface area contributed by atoms with Crippen molar-refractivity contribution in [1.29, 1.82) is 0 Å². The van der Waals surface area contributed by atoms with E-state index in [0.717, 1.165) is 29.2 Å². The number of fused-ring (bicyclic) bond motifs is 1. The Morgan fingerprint density at radius 2 is 1.80 bits per heavy atom. The van der Waals surface area contributed by atoms with Crippen LogP contribution in [0.2, 0.25) is 0 Å². The SMILES string of the molecule is C[C@@H](C[C@@H](F)Cn1ccc2cc(-c3ncc([C@H](F)CF)cn3)c(F)cc2c1=O)Nc1cn[nH]c(=O)c1C(F)(F)F. The molecule has 0 spiro atoms. The number of H-pyrrole nitrogens is 1. The molecule has 0 bridgehead atoms. The minimum absolute atomic E-state index is 0.0793. The fourth-order valence-electron chi connectivity index (χ4n) is 4.13. The van der Waals surface area contributed by atoms with E-state index in [1.54, 1.807) is 5.10 Å². The molecule has 0 amide bonds. The molecule has 0 radical (unpaired) electrons. The molecule has 0 saturated heterocycles. The van der Waals surface area contributed by atoms with Crippen molar-refractivity contribution in [3.63, 3.8) is 0 Å². The average molecular weight is 570 g/mol. The van der Waals surface area contributed by atoms with Crippen molar-refractivity contribution >= 4 is 16.5 Å². The van der Waals surface area contributed by atoms with E-state index < -0.39 is 66.0 Å². The lowest BCUT2D eigenvalue weighted by molar-refractivity contribution is -0.138. The molecule has 1 aromatic carbocycles. The molecule has 3 atom stereocenters. The zero-order valence-electron chi connectivity index (χ0n) is 20.6. The van der Waals surface area contributed by atoms with Gasteiger partial charge in [0.15, 0.2) is 12.0 Å². The second kappa shape index (κ2) is 11.4. The lowest BCUT2D eigenvalue weighted by atomic mass is 10.1. The Bertz CT molecular complexity index is 1620. The largest absolute Gasteiger partial charge is 0.423 e. The van der Waals surface area contributed by atoms with Crippen LogP contribution in [0.5, 0.6) is 0 Å². The Balaban J connectivity index is 1.51. The number of alkyl halides is 6. The smallest absolute Gasteiger partial charge is 0.381 e. The van der Waals surface area contributed by atoms with Crippen LogP contribution in [0.4, 0.5) is 36.4 Å². The van der Waals surface area contributed by atoms with Gasteiger partial charge in [-0.05, 0) is 30.5 Å². The molecule has 0 fully saturated rings. The van der Waals surface area contributed by atoms with Crippen LogP contribution in [0.15, 0.2) is 52.6 Å². The van der Waals surface area contributed by atoms with Gasteiger partial charge in [-0.25, -0.2) is 32.6 Å². The molecule has 212 valence electrons. The first-order chi connectivity index (χ1) is 18.9. The summed E-state index contributed by atoms with van der Waals surface area (Å²) in [6, 6.07) is 2.76. The summed E-state index contributed by atoms with van der Waals surface area (Å²) >= 11 is 0. The number of hydrogen-bond donors (Lipinski definition) is 2. The van der Waals surface area contributed by atoms with Crippen molar-refractivity contribution in [1.82, 2.24) is 24.7 Å². The highest BCUT2D eigenvalue weighted by atomic mass is 19.4. The average Bonchev–Trinajstić information content (AvgIpc) is 2.89. The number of benzene rings is 1. The Morgan fingerprint density at radius 1 is 1.10 bits per heavy atom. The van der Waals surface area contributed by atoms with E-state index in [1.807, 2.05) is 0 Å². The molecule has 3 heterocycles. The third-order valence-electron chi connectivity index (χ3n) is 6.02. The van der Waals surface area contributed by atoms with Crippen molar-refractivity contribution in [2.75, 3.05) is 12.0 Å². The van der Waals surface area contributed by atoms with Crippen molar-refractivity contribution in [2.45, 2.75) is 44.5 Å². The highest BCUT2D eigenvalue weighted by Crippen LogP contribution is 2.32. The van der Waals surface area contributed by atoms with Crippen LogP contribution < -0.4 is 16.4 Å². The number of nitrogens with zero attached hydrogens (tertiary/aromatic N) is 4. The maximum Gasteiger partial charge on any atom is 0.423 e. The van der Waals surface area contributed by atoms with Gasteiger partial charge in [0.2, 0.25) is 0 Å². The second-order valence-electron chi connectivity index (χ2n) is 9.02. The molecule has 15 heteroatoms. The van der Waals surface area contributed by atoms with E-state index in [0.29, 0.717) is 0 Å². The third kappa shape index (κ3) is 6.13. The lowest BCUT2D eigenvalue weighted by Gasteiger charge is -2.20. The summed E-state index contributed by atoms with van der Waals surface area (Å²) in [6.45, 7) is -0.347. The van der Waals surface area contributed by atoms with Gasteiger partial charge in [0.1, 0.15) is 24.2 Å². The maximum absolute atomic E-state index is 14.9. The molecule has 0 aliphatic heterocycles. The molecular weight excluding hydrogens is 549 g/mol. The maximum atomic E-state index is 14.9. The highest BCUT2D eigenvalue weighted by Gasteiger charge is 2.37. The molecule has 2 N–H and O–H groups in total. The Morgan fingerprint density at radius 3 is 2.45 bits per heavy atom. The number of aromatic nitrogens is 5. The first kappa shape index (κ1) is 28.7. The number of hydrogen-bond acceptors (Lipinski definition) is 6. The van der Waals surface area contributed by atoms with Gasteiger partial charge in [0.05, 0.1) is 29.4 Å². The van der Waals surface area contributed by atoms with Crippen molar-refractivity contribution < 1.29 is 30.7 Å². The van der Waals surface area contributed by atoms with Crippen LogP contribution >= 0.6 is 0 Å². The van der Waals surface area contributed by atoms with Gasteiger partial charge in [0.25, 0.3) is 11.1 Å². The first-order valence-corrected chi connectivity index (χ1v) is 11.8. The monoisotopic (exact) mass is 570 g/mol. The molecule has 4 aromatic rings. The fraction of sp³-hybridized carbons (Fsp3) is 0.320. The van der Waals surface area contributed by atoms with Gasteiger partial charge in [-0.15, -0.1) is 0 Å². The molecule has 8 nitrogen and oxygen atoms in total. The first-order valence-electron chi connectivity index (χ1n) is 11.8. The summed E-state index contributed by atoms with van der Waals surface area (Å²) in [5.74, 6) is -0.994. The third-order valence-corrected chi connectivity index (χ3v) is 6.02. The molecule has 0 aliphatic carbocycles. The Kier molecular flexibility index (Phi) is 8.21. The molecule has 0 aliphatic rings. The molecule has 0 unspecified atom stereocenters. The predicted molar refractivity (Wildman–Crippen MR) is 131 cm³/mol. The number of nitrogens with one attached hydrogen (secondary N) is 2. The number of pyridine rings is 1. The van der Waals surface area contributed by atoms with Crippen LogP contribution in [-0.4, -0.2) is 43.6 Å². The van der Waals surface area contributed by atoms with Crippen molar-refractivity contribution in [2.24, 2.45) is 0 Å². The zero-order chi connectivity index (χ0) is 29.2. The Labute approximate surface area is 220 Å². The van der Waals surface area contributed by atoms with E-state index in [9.17, 15) is 40.3 Å². The normalized spacial score (nSPS) is 14.2. The van der Waals surface area contributed by atoms with E-state index in [4.69, 9.17) is 0 Å². The van der Waals surface area contributed by atoms with Crippen LogP contribution in [0.3, 0.4) is 0 Å². The highest BCUT2D eigenvalue weighted by molar-refractivity contribution is 5.86. The predicted octanol–water partition coefficient (Wildman–Crippen LogP) is 4.91. The second-order valence-corrected chi connectivity index (χ2v) is 9.02. The van der Waals surface area contributed by atoms with E-state index in [-0.39, 0.29) is 34.1 Å². The van der Waals surface area contributed by atoms with Gasteiger partial charge in [-0.1, -0.05) is 0 Å². The number of rotatable bonds is 9. The van der Waals surface area contributed by atoms with E-state index in [2.05, 4.69) is 20.4 Å². The molecule has 40 heavy (non-hydrogen) atoms. The van der Waals surface area contributed by atoms with Crippen molar-refractivity contribution in [3.05, 3.63) is 80.6 Å². The standard InChI is InChI=1S/C25H21F7N6O2/c1-12(36-20-10-35-37-23(39)21(20)25(30,31)32)4-15(27)11-38-3-2-13-5-17(18(28)6-16(13)24(38)40)22-33-8-14(9-34-22)19(29)7-26/h2-3,5-6,8-10,12,15,19H,4,7,11H2,1H3,(H2,36,37,39)/t12-,15+,19+/m0/s1. The molecule has 3 aromatic heterocycles. The summed E-state index contributed by atoms with van der Waals surface area (Å²) in [6.07, 6.45) is -4.82. The molecule has 0 saturated carbocycles. The quantitative estimate of drug-likeness (QED) is 0.277. The molecule has 4 rings (SSSR count). The summed E-state index contributed by atoms with van der Waals surface area (Å²) in [7, 11) is 0. The topological polar surface area (TPSA) is 106 Å². The van der Waals surface area contributed by atoms with Gasteiger partial charge >= 0.3 is 6.18 Å². The number of anilines is 1. The Hall–Kier alpha value is -4.30. The van der Waals surface area contributed by atoms with Gasteiger partial charge < -0.3 is 9.88 Å².